The number of anilines is 3. The summed E-state index contributed by atoms with van der Waals surface area (Å²) >= 11 is 0. The zero-order chi connectivity index (χ0) is 24.1. The van der Waals surface area contributed by atoms with Crippen LogP contribution in [0.15, 0.2) is 65.8 Å². The van der Waals surface area contributed by atoms with Gasteiger partial charge in [-0.05, 0) is 49.2 Å². The van der Waals surface area contributed by atoms with Crippen molar-refractivity contribution < 1.29 is 18.7 Å². The zero-order valence-corrected chi connectivity index (χ0v) is 18.6. The fraction of sp³-hybridized carbons (Fsp3) is 0.250. The van der Waals surface area contributed by atoms with Gasteiger partial charge in [0, 0.05) is 36.8 Å². The Kier molecular flexibility index (Phi) is 6.86. The molecule has 0 aliphatic heterocycles. The maximum Gasteiger partial charge on any atom is 0.411 e. The van der Waals surface area contributed by atoms with Gasteiger partial charge in [0.1, 0.15) is 17.5 Å². The molecule has 2 amide bonds. The lowest BCUT2D eigenvalue weighted by Crippen LogP contribution is -2.34. The van der Waals surface area contributed by atoms with Crippen molar-refractivity contribution in [1.82, 2.24) is 9.78 Å². The van der Waals surface area contributed by atoms with E-state index in [9.17, 15) is 14.0 Å². The molecular formula is C24H25FN6O3. The summed E-state index contributed by atoms with van der Waals surface area (Å²) in [4.78, 5) is 28.7. The number of ether oxygens (including phenoxy) is 1. The van der Waals surface area contributed by atoms with Crippen molar-refractivity contribution in [2.45, 2.75) is 31.4 Å². The molecule has 0 spiro atoms. The standard InChI is InChI=1S/C24H25FN6O3/c1-27-20-13-18(34-24(33)29-16-5-3-2-4-6-16)11-12-21(20)31-14-19(22(26)32)23(30-31)28-17-9-7-15(25)8-10-17/h2-10,14,18,21H,11-13H2,1H3,(H2,26,32)(H,28,30)(H,29,33)/b27-20+/t18-,21+/m1/s1. The third-order valence-electron chi connectivity index (χ3n) is 5.59. The molecule has 1 aliphatic carbocycles. The molecule has 1 fully saturated rings. The summed E-state index contributed by atoms with van der Waals surface area (Å²) in [7, 11) is 1.67. The van der Waals surface area contributed by atoms with Crippen LogP contribution in [-0.2, 0) is 4.74 Å². The molecule has 0 saturated heterocycles. The summed E-state index contributed by atoms with van der Waals surface area (Å²) in [5.41, 5.74) is 7.78. The second-order valence-electron chi connectivity index (χ2n) is 7.90. The Labute approximate surface area is 195 Å². The lowest BCUT2D eigenvalue weighted by atomic mass is 9.91. The Bertz CT molecular complexity index is 1190. The van der Waals surface area contributed by atoms with Gasteiger partial charge >= 0.3 is 6.09 Å². The van der Waals surface area contributed by atoms with Crippen LogP contribution in [0.1, 0.15) is 35.7 Å². The first kappa shape index (κ1) is 23.0. The number of para-hydroxylation sites is 1. The van der Waals surface area contributed by atoms with Crippen molar-refractivity contribution in [2.24, 2.45) is 10.7 Å². The minimum absolute atomic E-state index is 0.209. The van der Waals surface area contributed by atoms with E-state index >= 15 is 0 Å². The number of aliphatic imine (C=N–C) groups is 1. The number of nitrogens with one attached hydrogen (secondary N) is 2. The monoisotopic (exact) mass is 464 g/mol. The van der Waals surface area contributed by atoms with Crippen LogP contribution >= 0.6 is 0 Å². The molecule has 1 aliphatic rings. The first-order valence-corrected chi connectivity index (χ1v) is 10.8. The number of amides is 2. The fourth-order valence-electron chi connectivity index (χ4n) is 3.92. The van der Waals surface area contributed by atoms with Crippen LogP contribution in [0.25, 0.3) is 0 Å². The zero-order valence-electron chi connectivity index (χ0n) is 18.6. The summed E-state index contributed by atoms with van der Waals surface area (Å²) in [6.07, 6.45) is 2.36. The van der Waals surface area contributed by atoms with Crippen molar-refractivity contribution in [3.8, 4) is 0 Å². The topological polar surface area (TPSA) is 124 Å². The number of primary amides is 1. The number of aromatic nitrogens is 2. The highest BCUT2D eigenvalue weighted by atomic mass is 19.1. The van der Waals surface area contributed by atoms with Crippen LogP contribution in [-0.4, -0.2) is 40.6 Å². The van der Waals surface area contributed by atoms with Crippen molar-refractivity contribution >= 4 is 34.9 Å². The molecular weight excluding hydrogens is 439 g/mol. The Balaban J connectivity index is 1.45. The molecule has 1 saturated carbocycles. The fourth-order valence-corrected chi connectivity index (χ4v) is 3.92. The minimum Gasteiger partial charge on any atom is -0.446 e. The van der Waals surface area contributed by atoms with E-state index in [1.165, 1.54) is 12.1 Å². The first-order valence-electron chi connectivity index (χ1n) is 10.8. The molecule has 176 valence electrons. The number of carbonyl (C=O) groups excluding carboxylic acids is 2. The number of nitrogens with two attached hydrogens (primary N) is 1. The highest BCUT2D eigenvalue weighted by Crippen LogP contribution is 2.30. The van der Waals surface area contributed by atoms with Gasteiger partial charge < -0.3 is 15.8 Å². The van der Waals surface area contributed by atoms with Gasteiger partial charge in [-0.1, -0.05) is 18.2 Å². The first-order chi connectivity index (χ1) is 16.4. The van der Waals surface area contributed by atoms with Gasteiger partial charge in [0.2, 0.25) is 0 Å². The van der Waals surface area contributed by atoms with Crippen LogP contribution < -0.4 is 16.4 Å². The van der Waals surface area contributed by atoms with Crippen molar-refractivity contribution in [3.63, 3.8) is 0 Å². The molecule has 1 heterocycles. The largest absolute Gasteiger partial charge is 0.446 e. The third-order valence-corrected chi connectivity index (χ3v) is 5.59. The van der Waals surface area contributed by atoms with Crippen LogP contribution in [0.3, 0.4) is 0 Å². The van der Waals surface area contributed by atoms with Gasteiger partial charge in [0.05, 0.1) is 6.04 Å². The van der Waals surface area contributed by atoms with E-state index in [0.29, 0.717) is 30.6 Å². The molecule has 34 heavy (non-hydrogen) atoms. The van der Waals surface area contributed by atoms with Crippen LogP contribution in [0.5, 0.6) is 0 Å². The lowest BCUT2D eigenvalue weighted by Gasteiger charge is -2.30. The summed E-state index contributed by atoms with van der Waals surface area (Å²) < 4.78 is 20.4. The van der Waals surface area contributed by atoms with Crippen LogP contribution in [0.2, 0.25) is 0 Å². The van der Waals surface area contributed by atoms with E-state index in [1.54, 1.807) is 42.2 Å². The maximum atomic E-state index is 13.2. The Morgan fingerprint density at radius 3 is 2.53 bits per heavy atom. The maximum absolute atomic E-state index is 13.2. The molecule has 4 rings (SSSR count). The molecule has 2 atom stereocenters. The number of benzene rings is 2. The number of hydrogen-bond donors (Lipinski definition) is 3. The molecule has 10 heteroatoms. The number of halogens is 1. The second-order valence-corrected chi connectivity index (χ2v) is 7.90. The highest BCUT2D eigenvalue weighted by molar-refractivity contribution is 5.98. The third kappa shape index (κ3) is 5.40. The molecule has 9 nitrogen and oxygen atoms in total. The van der Waals surface area contributed by atoms with Crippen molar-refractivity contribution in [2.75, 3.05) is 17.7 Å². The highest BCUT2D eigenvalue weighted by Gasteiger charge is 2.31. The quantitative estimate of drug-likeness (QED) is 0.502. The number of nitrogens with zero attached hydrogens (tertiary/aromatic N) is 3. The Morgan fingerprint density at radius 1 is 1.12 bits per heavy atom. The summed E-state index contributed by atoms with van der Waals surface area (Å²) in [5, 5.41) is 10.3. The minimum atomic E-state index is -0.638. The average molecular weight is 465 g/mol. The Hall–Kier alpha value is -4.21. The van der Waals surface area contributed by atoms with Gasteiger partial charge in [-0.3, -0.25) is 19.8 Å². The van der Waals surface area contributed by atoms with Crippen LogP contribution in [0.4, 0.5) is 26.4 Å². The second kappa shape index (κ2) is 10.2. The number of carbonyl (C=O) groups is 2. The van der Waals surface area contributed by atoms with Gasteiger partial charge in [0.15, 0.2) is 5.82 Å². The number of hydrogen-bond acceptors (Lipinski definition) is 6. The molecule has 0 radical (unpaired) electrons. The van der Waals surface area contributed by atoms with Gasteiger partial charge in [-0.15, -0.1) is 0 Å². The summed E-state index contributed by atoms with van der Waals surface area (Å²) in [5.74, 6) is -0.734. The SMILES string of the molecule is C/N=C1\C[C@H](OC(=O)Nc2ccccc2)CC[C@@H]1n1cc(C(N)=O)c(Nc2ccc(F)cc2)n1. The molecule has 0 bridgehead atoms. The van der Waals surface area contributed by atoms with E-state index in [4.69, 9.17) is 10.5 Å². The smallest absolute Gasteiger partial charge is 0.411 e. The Morgan fingerprint density at radius 2 is 1.85 bits per heavy atom. The number of rotatable bonds is 6. The molecule has 0 unspecified atom stereocenters. The van der Waals surface area contributed by atoms with E-state index < -0.39 is 12.0 Å². The predicted molar refractivity (Wildman–Crippen MR) is 127 cm³/mol. The summed E-state index contributed by atoms with van der Waals surface area (Å²) in [6, 6.07) is 14.6. The van der Waals surface area contributed by atoms with Crippen molar-refractivity contribution in [1.29, 1.82) is 0 Å². The normalized spacial score (nSPS) is 18.9. The van der Waals surface area contributed by atoms with Gasteiger partial charge in [0.25, 0.3) is 5.91 Å². The van der Waals surface area contributed by atoms with E-state index in [0.717, 1.165) is 5.71 Å². The average Bonchev–Trinajstić information content (AvgIpc) is 3.25. The predicted octanol–water partition coefficient (Wildman–Crippen LogP) is 4.28. The van der Waals surface area contributed by atoms with Gasteiger partial charge in [-0.2, -0.15) is 5.10 Å². The molecule has 3 aromatic rings. The van der Waals surface area contributed by atoms with Crippen molar-refractivity contribution in [3.05, 3.63) is 72.2 Å². The summed E-state index contributed by atoms with van der Waals surface area (Å²) in [6.45, 7) is 0. The van der Waals surface area contributed by atoms with Gasteiger partial charge in [-0.25, -0.2) is 9.18 Å². The van der Waals surface area contributed by atoms with E-state index in [2.05, 4.69) is 20.7 Å². The van der Waals surface area contributed by atoms with E-state index in [-0.39, 0.29) is 29.3 Å². The molecule has 1 aromatic heterocycles. The van der Waals surface area contributed by atoms with E-state index in [1.807, 2.05) is 18.2 Å². The van der Waals surface area contributed by atoms with Crippen LogP contribution in [0, 0.1) is 5.82 Å². The molecule has 2 aromatic carbocycles. The molecule has 4 N–H and O–H groups in total. The lowest BCUT2D eigenvalue weighted by molar-refractivity contribution is 0.0986.